The van der Waals surface area contributed by atoms with E-state index < -0.39 is 10.0 Å². The lowest BCUT2D eigenvalue weighted by atomic mass is 10.2. The summed E-state index contributed by atoms with van der Waals surface area (Å²) in [5, 5.41) is 3.53. The fraction of sp³-hybridized carbons (Fsp3) is 0.562. The number of nitrogens with zero attached hydrogens (tertiary/aromatic N) is 2. The van der Waals surface area contributed by atoms with Crippen LogP contribution in [0.15, 0.2) is 23.1 Å². The molecule has 1 unspecified atom stereocenters. The van der Waals surface area contributed by atoms with Gasteiger partial charge < -0.3 is 5.32 Å². The zero-order valence-electron chi connectivity index (χ0n) is 13.9. The van der Waals surface area contributed by atoms with Gasteiger partial charge in [0.15, 0.2) is 0 Å². The molecular formula is C16H21Cl2N3O3S. The summed E-state index contributed by atoms with van der Waals surface area (Å²) < 4.78 is 26.9. The number of carbonyl (C=O) groups excluding carboxylic acids is 1. The summed E-state index contributed by atoms with van der Waals surface area (Å²) in [5.41, 5.74) is 0. The van der Waals surface area contributed by atoms with Crippen molar-refractivity contribution in [3.05, 3.63) is 28.2 Å². The summed E-state index contributed by atoms with van der Waals surface area (Å²) in [6.07, 6.45) is 2.10. The molecule has 3 rings (SSSR count). The van der Waals surface area contributed by atoms with Crippen LogP contribution < -0.4 is 5.32 Å². The van der Waals surface area contributed by atoms with Crippen molar-refractivity contribution < 1.29 is 13.2 Å². The molecule has 138 valence electrons. The van der Waals surface area contributed by atoms with Gasteiger partial charge in [0.25, 0.3) is 0 Å². The average Bonchev–Trinajstić information content (AvgIpc) is 3.40. The molecule has 6 nitrogen and oxygen atoms in total. The zero-order valence-corrected chi connectivity index (χ0v) is 16.2. The molecule has 1 amide bonds. The molecule has 1 atom stereocenters. The summed E-state index contributed by atoms with van der Waals surface area (Å²) in [4.78, 5) is 14.3. The Bertz CT molecular complexity index is 760. The molecule has 25 heavy (non-hydrogen) atoms. The van der Waals surface area contributed by atoms with Crippen LogP contribution in [0.1, 0.15) is 19.8 Å². The Morgan fingerprint density at radius 3 is 2.36 bits per heavy atom. The average molecular weight is 406 g/mol. The molecule has 1 aromatic carbocycles. The van der Waals surface area contributed by atoms with Crippen LogP contribution in [0.3, 0.4) is 0 Å². The lowest BCUT2D eigenvalue weighted by Crippen LogP contribution is -2.55. The first kappa shape index (κ1) is 18.9. The Morgan fingerprint density at radius 1 is 1.16 bits per heavy atom. The van der Waals surface area contributed by atoms with Gasteiger partial charge in [-0.05, 0) is 38.0 Å². The summed E-state index contributed by atoms with van der Waals surface area (Å²) in [7, 11) is -3.62. The van der Waals surface area contributed by atoms with E-state index in [9.17, 15) is 13.2 Å². The molecule has 1 heterocycles. The van der Waals surface area contributed by atoms with E-state index in [2.05, 4.69) is 5.32 Å². The number of hydrogen-bond acceptors (Lipinski definition) is 4. The second-order valence-electron chi connectivity index (χ2n) is 6.47. The van der Waals surface area contributed by atoms with Crippen LogP contribution in [-0.2, 0) is 14.8 Å². The third-order valence-corrected chi connectivity index (χ3v) is 7.29. The van der Waals surface area contributed by atoms with E-state index in [1.54, 1.807) is 0 Å². The van der Waals surface area contributed by atoms with Crippen molar-refractivity contribution in [2.75, 3.05) is 26.2 Å². The molecule has 0 bridgehead atoms. The summed E-state index contributed by atoms with van der Waals surface area (Å²) >= 11 is 11.8. The highest BCUT2D eigenvalue weighted by atomic mass is 35.5. The predicted octanol–water partition coefficient (Wildman–Crippen LogP) is 1.97. The fourth-order valence-electron chi connectivity index (χ4n) is 2.83. The Morgan fingerprint density at radius 2 is 1.80 bits per heavy atom. The second kappa shape index (κ2) is 7.40. The molecule has 2 fully saturated rings. The molecule has 0 spiro atoms. The highest BCUT2D eigenvalue weighted by Crippen LogP contribution is 2.27. The molecule has 1 saturated carbocycles. The lowest BCUT2D eigenvalue weighted by Gasteiger charge is -2.36. The van der Waals surface area contributed by atoms with Gasteiger partial charge in [-0.2, -0.15) is 4.31 Å². The standard InChI is InChI=1S/C16H21Cl2N3O3S/c1-11(16(22)19-12-2-3-12)20-6-8-21(9-7-20)25(23,24)13-4-5-14(17)15(18)10-13/h4-5,10-12H,2-3,6-9H2,1H3,(H,19,22). The molecule has 1 aliphatic carbocycles. The summed E-state index contributed by atoms with van der Waals surface area (Å²) in [6, 6.07) is 4.39. The maximum absolute atomic E-state index is 12.7. The van der Waals surface area contributed by atoms with E-state index in [1.165, 1.54) is 22.5 Å². The zero-order chi connectivity index (χ0) is 18.2. The van der Waals surface area contributed by atoms with Crippen molar-refractivity contribution in [2.45, 2.75) is 36.7 Å². The topological polar surface area (TPSA) is 69.7 Å². The molecular weight excluding hydrogens is 385 g/mol. The Hall–Kier alpha value is -0.860. The van der Waals surface area contributed by atoms with Gasteiger partial charge in [-0.3, -0.25) is 9.69 Å². The van der Waals surface area contributed by atoms with Gasteiger partial charge in [-0.15, -0.1) is 0 Å². The largest absolute Gasteiger partial charge is 0.352 e. The SMILES string of the molecule is CC(C(=O)NC1CC1)N1CCN(S(=O)(=O)c2ccc(Cl)c(Cl)c2)CC1. The van der Waals surface area contributed by atoms with Gasteiger partial charge >= 0.3 is 0 Å². The van der Waals surface area contributed by atoms with Gasteiger partial charge in [-0.1, -0.05) is 23.2 Å². The maximum Gasteiger partial charge on any atom is 0.243 e. The third kappa shape index (κ3) is 4.28. The molecule has 1 aromatic rings. The molecule has 1 saturated heterocycles. The van der Waals surface area contributed by atoms with Crippen molar-refractivity contribution in [1.82, 2.24) is 14.5 Å². The van der Waals surface area contributed by atoms with E-state index in [0.29, 0.717) is 37.2 Å². The van der Waals surface area contributed by atoms with Crippen molar-refractivity contribution in [3.63, 3.8) is 0 Å². The van der Waals surface area contributed by atoms with Crippen molar-refractivity contribution >= 4 is 39.1 Å². The Kier molecular flexibility index (Phi) is 5.60. The number of carbonyl (C=O) groups is 1. The van der Waals surface area contributed by atoms with E-state index in [0.717, 1.165) is 12.8 Å². The van der Waals surface area contributed by atoms with Gasteiger partial charge in [0.1, 0.15) is 0 Å². The van der Waals surface area contributed by atoms with Crippen LogP contribution in [0.25, 0.3) is 0 Å². The first-order valence-corrected chi connectivity index (χ1v) is 10.5. The first-order valence-electron chi connectivity index (χ1n) is 8.28. The maximum atomic E-state index is 12.7. The quantitative estimate of drug-likeness (QED) is 0.812. The number of halogens is 2. The van der Waals surface area contributed by atoms with Gasteiger partial charge in [-0.25, -0.2) is 8.42 Å². The van der Waals surface area contributed by atoms with Crippen molar-refractivity contribution in [1.29, 1.82) is 0 Å². The number of nitrogens with one attached hydrogen (secondary N) is 1. The number of hydrogen-bond donors (Lipinski definition) is 1. The fourth-order valence-corrected chi connectivity index (χ4v) is 4.64. The molecule has 1 N–H and O–H groups in total. The monoisotopic (exact) mass is 405 g/mol. The number of sulfonamides is 1. The van der Waals surface area contributed by atoms with Gasteiger partial charge in [0.2, 0.25) is 15.9 Å². The second-order valence-corrected chi connectivity index (χ2v) is 9.23. The number of benzene rings is 1. The van der Waals surface area contributed by atoms with E-state index >= 15 is 0 Å². The van der Waals surface area contributed by atoms with Crippen molar-refractivity contribution in [2.24, 2.45) is 0 Å². The first-order chi connectivity index (χ1) is 11.8. The highest BCUT2D eigenvalue weighted by molar-refractivity contribution is 7.89. The number of rotatable bonds is 5. The van der Waals surface area contributed by atoms with Crippen LogP contribution >= 0.6 is 23.2 Å². The van der Waals surface area contributed by atoms with E-state index in [4.69, 9.17) is 23.2 Å². The van der Waals surface area contributed by atoms with E-state index in [1.807, 2.05) is 11.8 Å². The van der Waals surface area contributed by atoms with Gasteiger partial charge in [0.05, 0.1) is 21.0 Å². The van der Waals surface area contributed by atoms with Crippen LogP contribution in [-0.4, -0.2) is 61.8 Å². The molecule has 1 aliphatic heterocycles. The van der Waals surface area contributed by atoms with E-state index in [-0.39, 0.29) is 21.9 Å². The summed E-state index contributed by atoms with van der Waals surface area (Å²) in [6.45, 7) is 3.56. The minimum atomic E-state index is -3.62. The summed E-state index contributed by atoms with van der Waals surface area (Å²) in [5.74, 6) is 0.0169. The van der Waals surface area contributed by atoms with Crippen LogP contribution in [0.5, 0.6) is 0 Å². The lowest BCUT2D eigenvalue weighted by molar-refractivity contribution is -0.126. The van der Waals surface area contributed by atoms with Crippen LogP contribution in [0, 0.1) is 0 Å². The number of piperazine rings is 1. The van der Waals surface area contributed by atoms with Crippen molar-refractivity contribution in [3.8, 4) is 0 Å². The smallest absolute Gasteiger partial charge is 0.243 e. The Labute approximate surface area is 158 Å². The highest BCUT2D eigenvalue weighted by Gasteiger charge is 2.33. The van der Waals surface area contributed by atoms with Crippen LogP contribution in [0.4, 0.5) is 0 Å². The molecule has 2 aliphatic rings. The Balaban J connectivity index is 1.62. The third-order valence-electron chi connectivity index (χ3n) is 4.65. The number of amides is 1. The molecule has 0 radical (unpaired) electrons. The minimum absolute atomic E-state index is 0.0169. The van der Waals surface area contributed by atoms with Gasteiger partial charge in [0, 0.05) is 32.2 Å². The molecule has 9 heteroatoms. The predicted molar refractivity (Wildman–Crippen MR) is 97.4 cm³/mol. The minimum Gasteiger partial charge on any atom is -0.352 e. The van der Waals surface area contributed by atoms with Crippen LogP contribution in [0.2, 0.25) is 10.0 Å². The normalized spacial score (nSPS) is 21.1. The molecule has 0 aromatic heterocycles.